The van der Waals surface area contributed by atoms with Crippen LogP contribution in [0.5, 0.6) is 5.75 Å². The van der Waals surface area contributed by atoms with E-state index in [1.54, 1.807) is 36.4 Å². The van der Waals surface area contributed by atoms with Crippen LogP contribution in [0.2, 0.25) is 0 Å². The summed E-state index contributed by atoms with van der Waals surface area (Å²) < 4.78 is 5.53. The smallest absolute Gasteiger partial charge is 0.300 e. The number of nitrogens with zero attached hydrogens (tertiary/aromatic N) is 1. The Bertz CT molecular complexity index is 1130. The Morgan fingerprint density at radius 1 is 0.935 bits per heavy atom. The van der Waals surface area contributed by atoms with Gasteiger partial charge in [0.1, 0.15) is 11.5 Å². The van der Waals surface area contributed by atoms with Crippen molar-refractivity contribution in [3.05, 3.63) is 101 Å². The third kappa shape index (κ3) is 3.82. The Balaban J connectivity index is 1.90. The number of aryl methyl sites for hydroxylation is 1. The minimum Gasteiger partial charge on any atom is -0.507 e. The first kappa shape index (κ1) is 20.4. The molecule has 1 amide bonds. The van der Waals surface area contributed by atoms with Crippen LogP contribution in [0.4, 0.5) is 5.69 Å². The third-order valence-electron chi connectivity index (χ3n) is 5.31. The molecule has 3 aromatic carbocycles. The van der Waals surface area contributed by atoms with E-state index in [0.29, 0.717) is 29.2 Å². The summed E-state index contributed by atoms with van der Waals surface area (Å²) in [6.07, 6.45) is 0. The van der Waals surface area contributed by atoms with E-state index >= 15 is 0 Å². The number of hydrogen-bond acceptors (Lipinski definition) is 4. The second-order valence-corrected chi connectivity index (χ2v) is 7.37. The molecule has 1 unspecified atom stereocenters. The Morgan fingerprint density at radius 2 is 1.58 bits per heavy atom. The van der Waals surface area contributed by atoms with E-state index in [9.17, 15) is 14.7 Å². The van der Waals surface area contributed by atoms with Crippen LogP contribution in [0.1, 0.15) is 29.7 Å². The van der Waals surface area contributed by atoms with Crippen molar-refractivity contribution in [2.24, 2.45) is 0 Å². The molecule has 0 aliphatic carbocycles. The number of anilines is 1. The molecular weight excluding hydrogens is 390 g/mol. The van der Waals surface area contributed by atoms with Gasteiger partial charge in [-0.25, -0.2) is 0 Å². The molecule has 0 radical (unpaired) electrons. The average molecular weight is 413 g/mol. The first-order valence-corrected chi connectivity index (χ1v) is 10.2. The van der Waals surface area contributed by atoms with E-state index in [4.69, 9.17) is 4.74 Å². The first-order valence-electron chi connectivity index (χ1n) is 10.2. The molecule has 3 aromatic rings. The summed E-state index contributed by atoms with van der Waals surface area (Å²) in [7, 11) is 0. The van der Waals surface area contributed by atoms with Gasteiger partial charge in [0.05, 0.1) is 18.2 Å². The van der Waals surface area contributed by atoms with E-state index in [1.165, 1.54) is 4.90 Å². The number of carbonyl (C=O) groups excluding carboxylic acids is 2. The van der Waals surface area contributed by atoms with Crippen LogP contribution in [0.25, 0.3) is 5.76 Å². The molecule has 0 spiro atoms. The van der Waals surface area contributed by atoms with Gasteiger partial charge in [-0.2, -0.15) is 0 Å². The summed E-state index contributed by atoms with van der Waals surface area (Å²) in [4.78, 5) is 27.6. The molecule has 1 aliphatic heterocycles. The van der Waals surface area contributed by atoms with Gasteiger partial charge >= 0.3 is 0 Å². The topological polar surface area (TPSA) is 66.8 Å². The predicted molar refractivity (Wildman–Crippen MR) is 120 cm³/mol. The van der Waals surface area contributed by atoms with Gasteiger partial charge in [-0.1, -0.05) is 60.2 Å². The number of ketones is 1. The largest absolute Gasteiger partial charge is 0.507 e. The molecule has 0 saturated carbocycles. The highest BCUT2D eigenvalue weighted by molar-refractivity contribution is 6.51. The third-order valence-corrected chi connectivity index (χ3v) is 5.31. The summed E-state index contributed by atoms with van der Waals surface area (Å²) in [5.74, 6) is -0.866. The average Bonchev–Trinajstić information content (AvgIpc) is 3.06. The number of aliphatic hydroxyl groups excluding tert-OH is 1. The number of hydrogen-bond donors (Lipinski definition) is 1. The monoisotopic (exact) mass is 413 g/mol. The Kier molecular flexibility index (Phi) is 5.58. The highest BCUT2D eigenvalue weighted by atomic mass is 16.5. The highest BCUT2D eigenvalue weighted by Gasteiger charge is 2.46. The van der Waals surface area contributed by atoms with Crippen LogP contribution in [0, 0.1) is 6.92 Å². The van der Waals surface area contributed by atoms with E-state index in [-0.39, 0.29) is 11.3 Å². The van der Waals surface area contributed by atoms with Crippen LogP contribution in [0.15, 0.2) is 84.4 Å². The fourth-order valence-corrected chi connectivity index (χ4v) is 3.78. The fraction of sp³-hybridized carbons (Fsp3) is 0.154. The number of rotatable bonds is 5. The van der Waals surface area contributed by atoms with Crippen molar-refractivity contribution in [1.82, 2.24) is 0 Å². The van der Waals surface area contributed by atoms with Crippen LogP contribution >= 0.6 is 0 Å². The zero-order chi connectivity index (χ0) is 22.0. The minimum atomic E-state index is -0.751. The maximum atomic E-state index is 13.1. The van der Waals surface area contributed by atoms with Gasteiger partial charge in [-0.3, -0.25) is 14.5 Å². The second kappa shape index (κ2) is 8.48. The summed E-state index contributed by atoms with van der Waals surface area (Å²) in [5, 5.41) is 11.0. The molecule has 1 heterocycles. The maximum absolute atomic E-state index is 13.1. The van der Waals surface area contributed by atoms with Gasteiger partial charge in [0.25, 0.3) is 11.7 Å². The van der Waals surface area contributed by atoms with Crippen molar-refractivity contribution < 1.29 is 19.4 Å². The summed E-state index contributed by atoms with van der Waals surface area (Å²) in [6.45, 7) is 4.40. The Labute approximate surface area is 181 Å². The number of Topliss-reactive ketones (excluding diaryl/α,β-unsaturated/α-hetero) is 1. The molecular formula is C26H23NO4. The molecule has 1 N–H and O–H groups in total. The van der Waals surface area contributed by atoms with Crippen LogP contribution in [-0.4, -0.2) is 23.4 Å². The van der Waals surface area contributed by atoms with Gasteiger partial charge in [0.15, 0.2) is 0 Å². The van der Waals surface area contributed by atoms with Gasteiger partial charge in [-0.05, 0) is 43.7 Å². The normalized spacial score (nSPS) is 17.7. The molecule has 1 aliphatic rings. The molecule has 0 aromatic heterocycles. The van der Waals surface area contributed by atoms with Crippen LogP contribution in [-0.2, 0) is 9.59 Å². The van der Waals surface area contributed by atoms with Gasteiger partial charge in [-0.15, -0.1) is 0 Å². The lowest BCUT2D eigenvalue weighted by Gasteiger charge is -2.25. The quantitative estimate of drug-likeness (QED) is 0.362. The van der Waals surface area contributed by atoms with Crippen molar-refractivity contribution in [2.75, 3.05) is 11.5 Å². The molecule has 31 heavy (non-hydrogen) atoms. The molecule has 1 fully saturated rings. The standard InChI is InChI=1S/C26H23NO4/c1-3-31-21-15-11-18(12-16-21)23-22(24(28)19-7-5-4-6-8-19)25(29)26(30)27(23)20-13-9-17(2)10-14-20/h4-16,23,28H,3H2,1-2H3/b24-22+. The van der Waals surface area contributed by atoms with Crippen molar-refractivity contribution in [3.63, 3.8) is 0 Å². The van der Waals surface area contributed by atoms with Crippen LogP contribution < -0.4 is 9.64 Å². The maximum Gasteiger partial charge on any atom is 0.300 e. The van der Waals surface area contributed by atoms with Gasteiger partial charge in [0, 0.05) is 11.3 Å². The van der Waals surface area contributed by atoms with E-state index in [0.717, 1.165) is 5.56 Å². The molecule has 5 heteroatoms. The molecule has 4 rings (SSSR count). The van der Waals surface area contributed by atoms with E-state index < -0.39 is 17.7 Å². The van der Waals surface area contributed by atoms with Gasteiger partial charge < -0.3 is 9.84 Å². The number of ether oxygens (including phenoxy) is 1. The first-order chi connectivity index (χ1) is 15.0. The molecule has 156 valence electrons. The summed E-state index contributed by atoms with van der Waals surface area (Å²) in [6, 6.07) is 22.7. The van der Waals surface area contributed by atoms with E-state index in [2.05, 4.69) is 0 Å². The summed E-state index contributed by atoms with van der Waals surface area (Å²) >= 11 is 0. The predicted octanol–water partition coefficient (Wildman–Crippen LogP) is 5.02. The lowest BCUT2D eigenvalue weighted by Crippen LogP contribution is -2.29. The Hall–Kier alpha value is -3.86. The van der Waals surface area contributed by atoms with Crippen molar-refractivity contribution >= 4 is 23.1 Å². The van der Waals surface area contributed by atoms with Crippen molar-refractivity contribution in [3.8, 4) is 5.75 Å². The van der Waals surface area contributed by atoms with Crippen LogP contribution in [0.3, 0.4) is 0 Å². The second-order valence-electron chi connectivity index (χ2n) is 7.37. The lowest BCUT2D eigenvalue weighted by atomic mass is 9.95. The number of aliphatic hydroxyl groups is 1. The molecule has 0 bridgehead atoms. The fourth-order valence-electron chi connectivity index (χ4n) is 3.78. The zero-order valence-electron chi connectivity index (χ0n) is 17.4. The van der Waals surface area contributed by atoms with E-state index in [1.807, 2.05) is 56.3 Å². The Morgan fingerprint density at radius 3 is 2.19 bits per heavy atom. The minimum absolute atomic E-state index is 0.0703. The molecule has 1 atom stereocenters. The number of benzene rings is 3. The highest BCUT2D eigenvalue weighted by Crippen LogP contribution is 2.42. The van der Waals surface area contributed by atoms with Gasteiger partial charge in [0.2, 0.25) is 0 Å². The molecule has 5 nitrogen and oxygen atoms in total. The number of carbonyl (C=O) groups is 2. The molecule has 1 saturated heterocycles. The number of amides is 1. The lowest BCUT2D eigenvalue weighted by molar-refractivity contribution is -0.132. The SMILES string of the molecule is CCOc1ccc(C2/C(=C(\O)c3ccccc3)C(=O)C(=O)N2c2ccc(C)cc2)cc1. The van der Waals surface area contributed by atoms with Crippen molar-refractivity contribution in [2.45, 2.75) is 19.9 Å². The summed E-state index contributed by atoms with van der Waals surface area (Å²) in [5.41, 5.74) is 2.91. The zero-order valence-corrected chi connectivity index (χ0v) is 17.4. The van der Waals surface area contributed by atoms with Crippen molar-refractivity contribution in [1.29, 1.82) is 0 Å².